The number of hydrogen-bond acceptors (Lipinski definition) is 4. The number of aromatic nitrogens is 4. The lowest BCUT2D eigenvalue weighted by Gasteiger charge is -2.22. The van der Waals surface area contributed by atoms with Gasteiger partial charge in [0.05, 0.1) is 17.9 Å². The van der Waals surface area contributed by atoms with E-state index in [9.17, 15) is 0 Å². The molecule has 1 aromatic carbocycles. The van der Waals surface area contributed by atoms with Crippen molar-refractivity contribution in [2.75, 3.05) is 13.2 Å². The molecule has 6 heteroatoms. The highest BCUT2D eigenvalue weighted by Gasteiger charge is 2.22. The molecule has 2 aromatic heterocycles. The number of fused-ring (bicyclic) bond motifs is 1. The van der Waals surface area contributed by atoms with E-state index < -0.39 is 0 Å². The van der Waals surface area contributed by atoms with E-state index in [1.165, 1.54) is 29.3 Å². The van der Waals surface area contributed by atoms with E-state index in [1.54, 1.807) is 0 Å². The Morgan fingerprint density at radius 2 is 2.15 bits per heavy atom. The summed E-state index contributed by atoms with van der Waals surface area (Å²) in [6.45, 7) is 5.16. The van der Waals surface area contributed by atoms with Gasteiger partial charge >= 0.3 is 0 Å². The van der Waals surface area contributed by atoms with Crippen LogP contribution in [0.15, 0.2) is 36.8 Å². The predicted molar refractivity (Wildman–Crippen MR) is 105 cm³/mol. The molecule has 6 nitrogen and oxygen atoms in total. The molecule has 0 bridgehead atoms. The average molecular weight is 365 g/mol. The van der Waals surface area contributed by atoms with Crippen LogP contribution in [0.1, 0.15) is 38.8 Å². The zero-order valence-electron chi connectivity index (χ0n) is 15.8. The molecule has 2 fully saturated rings. The number of rotatable bonds is 4. The van der Waals surface area contributed by atoms with E-state index in [4.69, 9.17) is 4.74 Å². The Labute approximate surface area is 159 Å². The SMILES string of the molecule is CC1CC(Cn2ncc3cc(-c4cnn(C5CCCCO5)c4)ccc32)CN1. The van der Waals surface area contributed by atoms with Crippen LogP contribution in [0.5, 0.6) is 0 Å². The summed E-state index contributed by atoms with van der Waals surface area (Å²) < 4.78 is 9.96. The Hall–Kier alpha value is -2.18. The summed E-state index contributed by atoms with van der Waals surface area (Å²) in [5.74, 6) is 0.663. The van der Waals surface area contributed by atoms with Crippen LogP contribution in [0, 0.1) is 5.92 Å². The van der Waals surface area contributed by atoms with Crippen molar-refractivity contribution >= 4 is 10.9 Å². The van der Waals surface area contributed by atoms with Crippen LogP contribution in [-0.2, 0) is 11.3 Å². The van der Waals surface area contributed by atoms with E-state index in [0.29, 0.717) is 12.0 Å². The zero-order chi connectivity index (χ0) is 18.2. The minimum atomic E-state index is 0.0846. The maximum atomic E-state index is 5.84. The fourth-order valence-electron chi connectivity index (χ4n) is 4.41. The third-order valence-corrected chi connectivity index (χ3v) is 5.90. The van der Waals surface area contributed by atoms with Gasteiger partial charge in [-0.05, 0) is 56.2 Å². The van der Waals surface area contributed by atoms with Gasteiger partial charge in [0.25, 0.3) is 0 Å². The minimum absolute atomic E-state index is 0.0846. The molecule has 0 saturated carbocycles. The highest BCUT2D eigenvalue weighted by atomic mass is 16.5. The molecule has 0 aliphatic carbocycles. The van der Waals surface area contributed by atoms with Crippen molar-refractivity contribution < 1.29 is 4.74 Å². The third kappa shape index (κ3) is 3.39. The van der Waals surface area contributed by atoms with E-state index in [0.717, 1.165) is 38.1 Å². The first-order chi connectivity index (χ1) is 13.3. The van der Waals surface area contributed by atoms with Crippen molar-refractivity contribution in [2.45, 2.75) is 51.4 Å². The van der Waals surface area contributed by atoms with Crippen molar-refractivity contribution in [3.05, 3.63) is 36.8 Å². The number of benzene rings is 1. The largest absolute Gasteiger partial charge is 0.357 e. The molecule has 0 amide bonds. The second-order valence-corrected chi connectivity index (χ2v) is 8.04. The van der Waals surface area contributed by atoms with Gasteiger partial charge in [0, 0.05) is 42.9 Å². The lowest BCUT2D eigenvalue weighted by atomic mass is 10.1. The summed E-state index contributed by atoms with van der Waals surface area (Å²) in [7, 11) is 0. The van der Waals surface area contributed by atoms with Gasteiger partial charge in [-0.15, -0.1) is 0 Å². The van der Waals surface area contributed by atoms with Crippen LogP contribution in [0.2, 0.25) is 0 Å². The van der Waals surface area contributed by atoms with Crippen LogP contribution < -0.4 is 5.32 Å². The van der Waals surface area contributed by atoms with Gasteiger partial charge in [0.1, 0.15) is 6.23 Å². The van der Waals surface area contributed by atoms with Crippen LogP contribution in [0.4, 0.5) is 0 Å². The zero-order valence-corrected chi connectivity index (χ0v) is 15.8. The van der Waals surface area contributed by atoms with Gasteiger partial charge in [-0.2, -0.15) is 10.2 Å². The Kier molecular flexibility index (Phi) is 4.45. The Morgan fingerprint density at radius 1 is 1.19 bits per heavy atom. The molecule has 2 aliphatic heterocycles. The summed E-state index contributed by atoms with van der Waals surface area (Å²) in [5, 5.41) is 13.9. The van der Waals surface area contributed by atoms with Gasteiger partial charge in [-0.1, -0.05) is 6.07 Å². The molecule has 2 aliphatic rings. The van der Waals surface area contributed by atoms with E-state index >= 15 is 0 Å². The van der Waals surface area contributed by atoms with Crippen molar-refractivity contribution in [1.82, 2.24) is 24.9 Å². The fraction of sp³-hybridized carbons (Fsp3) is 0.524. The fourth-order valence-corrected chi connectivity index (χ4v) is 4.41. The lowest BCUT2D eigenvalue weighted by Crippen LogP contribution is -2.18. The molecule has 27 heavy (non-hydrogen) atoms. The second-order valence-electron chi connectivity index (χ2n) is 8.04. The number of ether oxygens (including phenoxy) is 1. The van der Waals surface area contributed by atoms with Crippen LogP contribution in [0.25, 0.3) is 22.0 Å². The topological polar surface area (TPSA) is 56.9 Å². The van der Waals surface area contributed by atoms with Gasteiger partial charge in [-0.3, -0.25) is 4.68 Å². The first kappa shape index (κ1) is 17.0. The molecule has 3 aromatic rings. The molecular weight excluding hydrogens is 338 g/mol. The molecular formula is C21H27N5O. The van der Waals surface area contributed by atoms with Gasteiger partial charge in [-0.25, -0.2) is 4.68 Å². The van der Waals surface area contributed by atoms with Crippen molar-refractivity contribution in [3.8, 4) is 11.1 Å². The molecule has 3 atom stereocenters. The van der Waals surface area contributed by atoms with E-state index in [1.807, 2.05) is 17.1 Å². The number of hydrogen-bond donors (Lipinski definition) is 1. The minimum Gasteiger partial charge on any atom is -0.357 e. The van der Waals surface area contributed by atoms with Crippen LogP contribution in [0.3, 0.4) is 0 Å². The summed E-state index contributed by atoms with van der Waals surface area (Å²) in [5.41, 5.74) is 3.52. The summed E-state index contributed by atoms with van der Waals surface area (Å²) in [6, 6.07) is 7.21. The van der Waals surface area contributed by atoms with E-state index in [-0.39, 0.29) is 6.23 Å². The molecule has 4 heterocycles. The number of nitrogens with one attached hydrogen (secondary N) is 1. The monoisotopic (exact) mass is 365 g/mol. The smallest absolute Gasteiger partial charge is 0.150 e. The van der Waals surface area contributed by atoms with Gasteiger partial charge in [0.2, 0.25) is 0 Å². The first-order valence-electron chi connectivity index (χ1n) is 10.1. The Balaban J connectivity index is 1.36. The highest BCUT2D eigenvalue weighted by molar-refractivity contribution is 5.84. The second kappa shape index (κ2) is 7.09. The van der Waals surface area contributed by atoms with Gasteiger partial charge < -0.3 is 10.1 Å². The summed E-state index contributed by atoms with van der Waals surface area (Å²) in [4.78, 5) is 0. The first-order valence-corrected chi connectivity index (χ1v) is 10.1. The molecule has 5 rings (SSSR count). The van der Waals surface area contributed by atoms with E-state index in [2.05, 4.69) is 51.5 Å². The normalized spacial score (nSPS) is 26.0. The maximum absolute atomic E-state index is 5.84. The molecule has 3 unspecified atom stereocenters. The molecule has 0 radical (unpaired) electrons. The molecule has 2 saturated heterocycles. The lowest BCUT2D eigenvalue weighted by molar-refractivity contribution is -0.0394. The highest BCUT2D eigenvalue weighted by Crippen LogP contribution is 2.28. The van der Waals surface area contributed by atoms with Gasteiger partial charge in [0.15, 0.2) is 0 Å². The predicted octanol–water partition coefficient (Wildman–Crippen LogP) is 3.60. The standard InChI is InChI=1S/C21H27N5O/c1-15-8-16(10-22-15)13-25-20-6-5-17(9-18(20)11-23-25)19-12-24-26(14-19)21-4-2-3-7-27-21/h5-6,9,11-12,14-16,21-22H,2-4,7-8,10,13H2,1H3. The summed E-state index contributed by atoms with van der Waals surface area (Å²) in [6.07, 6.45) is 10.7. The quantitative estimate of drug-likeness (QED) is 0.768. The van der Waals surface area contributed by atoms with Crippen molar-refractivity contribution in [1.29, 1.82) is 0 Å². The van der Waals surface area contributed by atoms with Crippen LogP contribution in [-0.4, -0.2) is 38.8 Å². The van der Waals surface area contributed by atoms with Crippen molar-refractivity contribution in [2.24, 2.45) is 5.92 Å². The Morgan fingerprint density at radius 3 is 2.96 bits per heavy atom. The molecule has 0 spiro atoms. The molecule has 1 N–H and O–H groups in total. The number of nitrogens with zero attached hydrogens (tertiary/aromatic N) is 4. The summed E-state index contributed by atoms with van der Waals surface area (Å²) >= 11 is 0. The van der Waals surface area contributed by atoms with Crippen LogP contribution >= 0.6 is 0 Å². The maximum Gasteiger partial charge on any atom is 0.150 e. The third-order valence-electron chi connectivity index (χ3n) is 5.90. The van der Waals surface area contributed by atoms with Crippen molar-refractivity contribution in [3.63, 3.8) is 0 Å². The Bertz CT molecular complexity index is 924. The molecule has 142 valence electrons. The average Bonchev–Trinajstić information content (AvgIpc) is 3.43.